The van der Waals surface area contributed by atoms with Gasteiger partial charge in [-0.2, -0.15) is 0 Å². The molecule has 0 atom stereocenters. The number of carboxylic acids is 1. The Balaban J connectivity index is 2.27. The molecule has 0 saturated heterocycles. The number of hydrogen-bond donors (Lipinski definition) is 1. The second kappa shape index (κ2) is 4.68. The summed E-state index contributed by atoms with van der Waals surface area (Å²) < 4.78 is 2.03. The summed E-state index contributed by atoms with van der Waals surface area (Å²) in [6.07, 6.45) is 2.38. The number of carbonyl (C=O) groups is 1. The van der Waals surface area contributed by atoms with Gasteiger partial charge in [-0.05, 0) is 57.4 Å². The Morgan fingerprint density at radius 3 is 2.58 bits per heavy atom. The predicted octanol–water partition coefficient (Wildman–Crippen LogP) is 3.15. The van der Waals surface area contributed by atoms with Gasteiger partial charge < -0.3 is 9.67 Å². The maximum atomic E-state index is 11.1. The molecule has 4 nitrogen and oxygen atoms in total. The topological polar surface area (TPSA) is 55.1 Å². The van der Waals surface area contributed by atoms with E-state index in [0.29, 0.717) is 13.0 Å². The molecular weight excluding hydrogens is 240 g/mol. The highest BCUT2D eigenvalue weighted by Gasteiger charge is 2.26. The highest BCUT2D eigenvalue weighted by Crippen LogP contribution is 2.24. The van der Waals surface area contributed by atoms with E-state index >= 15 is 0 Å². The van der Waals surface area contributed by atoms with E-state index in [2.05, 4.69) is 31.0 Å². The first-order chi connectivity index (χ1) is 8.81. The van der Waals surface area contributed by atoms with Crippen LogP contribution in [0.4, 0.5) is 0 Å². The molecule has 0 fully saturated rings. The maximum absolute atomic E-state index is 11.1. The quantitative estimate of drug-likeness (QED) is 0.918. The minimum atomic E-state index is -0.760. The van der Waals surface area contributed by atoms with Crippen LogP contribution in [0, 0.1) is 19.3 Å². The number of aryl methyl sites for hydroxylation is 3. The molecule has 2 rings (SSSR count). The number of nitrogens with zero attached hydrogens (tertiary/aromatic N) is 2. The lowest BCUT2D eigenvalue weighted by Crippen LogP contribution is -2.25. The number of hydrogen-bond acceptors (Lipinski definition) is 2. The zero-order valence-corrected chi connectivity index (χ0v) is 11.9. The molecule has 1 aromatic heterocycles. The normalized spacial score (nSPS) is 12.0. The van der Waals surface area contributed by atoms with Gasteiger partial charge in [0.2, 0.25) is 0 Å². The molecule has 2 aromatic rings. The Morgan fingerprint density at radius 2 is 1.95 bits per heavy atom. The first-order valence-corrected chi connectivity index (χ1v) is 6.47. The van der Waals surface area contributed by atoms with Gasteiger partial charge in [-0.15, -0.1) is 0 Å². The summed E-state index contributed by atoms with van der Waals surface area (Å²) in [5, 5.41) is 9.14. The molecule has 4 heteroatoms. The number of benzene rings is 1. The molecule has 0 aliphatic heterocycles. The molecule has 102 valence electrons. The molecule has 0 amide bonds. The first kappa shape index (κ1) is 13.6. The summed E-state index contributed by atoms with van der Waals surface area (Å²) in [6.45, 7) is 8.32. The van der Waals surface area contributed by atoms with Gasteiger partial charge in [0.05, 0.1) is 22.8 Å². The minimum absolute atomic E-state index is 0.584. The summed E-state index contributed by atoms with van der Waals surface area (Å²) >= 11 is 0. The third kappa shape index (κ3) is 2.62. The standard InChI is InChI=1S/C15H20N2O2/c1-10-7-12-13(8-11(10)2)17(9-16-12)6-5-15(3,4)14(18)19/h7-9H,5-6H2,1-4H3,(H,18,19). The summed E-state index contributed by atoms with van der Waals surface area (Å²) in [6, 6.07) is 4.19. The second-order valence-corrected chi connectivity index (χ2v) is 5.80. The lowest BCUT2D eigenvalue weighted by Gasteiger charge is -2.19. The third-order valence-electron chi connectivity index (χ3n) is 3.79. The van der Waals surface area contributed by atoms with Crippen molar-refractivity contribution in [3.05, 3.63) is 29.6 Å². The highest BCUT2D eigenvalue weighted by atomic mass is 16.4. The van der Waals surface area contributed by atoms with Crippen molar-refractivity contribution < 1.29 is 9.90 Å². The van der Waals surface area contributed by atoms with E-state index in [1.165, 1.54) is 11.1 Å². The van der Waals surface area contributed by atoms with Gasteiger partial charge in [-0.1, -0.05) is 0 Å². The van der Waals surface area contributed by atoms with Crippen molar-refractivity contribution >= 4 is 17.0 Å². The van der Waals surface area contributed by atoms with Crippen LogP contribution in [0.3, 0.4) is 0 Å². The molecule has 1 N–H and O–H groups in total. The van der Waals surface area contributed by atoms with Crippen molar-refractivity contribution in [1.82, 2.24) is 9.55 Å². The van der Waals surface area contributed by atoms with Gasteiger partial charge in [0, 0.05) is 6.54 Å². The summed E-state index contributed by atoms with van der Waals surface area (Å²) in [4.78, 5) is 15.5. The lowest BCUT2D eigenvalue weighted by molar-refractivity contribution is -0.147. The van der Waals surface area contributed by atoms with E-state index in [4.69, 9.17) is 5.11 Å². The predicted molar refractivity (Wildman–Crippen MR) is 75.2 cm³/mol. The number of carboxylic acid groups (broad SMARTS) is 1. The molecule has 0 unspecified atom stereocenters. The summed E-state index contributed by atoms with van der Waals surface area (Å²) in [5.41, 5.74) is 3.78. The second-order valence-electron chi connectivity index (χ2n) is 5.80. The van der Waals surface area contributed by atoms with Gasteiger partial charge in [-0.25, -0.2) is 4.98 Å². The largest absolute Gasteiger partial charge is 0.481 e. The number of aliphatic carboxylic acids is 1. The van der Waals surface area contributed by atoms with Crippen LogP contribution in [0.25, 0.3) is 11.0 Å². The Kier molecular flexibility index (Phi) is 3.35. The zero-order chi connectivity index (χ0) is 14.2. The van der Waals surface area contributed by atoms with E-state index in [0.717, 1.165) is 11.0 Å². The maximum Gasteiger partial charge on any atom is 0.309 e. The van der Waals surface area contributed by atoms with Crippen molar-refractivity contribution in [2.45, 2.75) is 40.7 Å². The van der Waals surface area contributed by atoms with Crippen molar-refractivity contribution in [2.75, 3.05) is 0 Å². The number of fused-ring (bicyclic) bond motifs is 1. The van der Waals surface area contributed by atoms with Crippen LogP contribution in [-0.4, -0.2) is 20.6 Å². The fourth-order valence-electron chi connectivity index (χ4n) is 2.00. The molecule has 0 bridgehead atoms. The van der Waals surface area contributed by atoms with Crippen LogP contribution < -0.4 is 0 Å². The molecule has 0 aliphatic rings. The Morgan fingerprint density at radius 1 is 1.32 bits per heavy atom. The van der Waals surface area contributed by atoms with Gasteiger partial charge in [-0.3, -0.25) is 4.79 Å². The zero-order valence-electron chi connectivity index (χ0n) is 11.9. The molecule has 0 radical (unpaired) electrons. The van der Waals surface area contributed by atoms with E-state index < -0.39 is 11.4 Å². The molecular formula is C15H20N2O2. The van der Waals surface area contributed by atoms with E-state index in [1.54, 1.807) is 20.2 Å². The Bertz CT molecular complexity index is 626. The van der Waals surface area contributed by atoms with Crippen LogP contribution in [0.1, 0.15) is 31.4 Å². The monoisotopic (exact) mass is 260 g/mol. The lowest BCUT2D eigenvalue weighted by atomic mass is 9.89. The van der Waals surface area contributed by atoms with Crippen LogP contribution in [0.5, 0.6) is 0 Å². The molecule has 0 saturated carbocycles. The fraction of sp³-hybridized carbons (Fsp3) is 0.467. The first-order valence-electron chi connectivity index (χ1n) is 6.47. The Hall–Kier alpha value is -1.84. The van der Waals surface area contributed by atoms with Crippen LogP contribution in [0.15, 0.2) is 18.5 Å². The van der Waals surface area contributed by atoms with E-state index in [-0.39, 0.29) is 0 Å². The molecule has 1 aromatic carbocycles. The van der Waals surface area contributed by atoms with E-state index in [9.17, 15) is 4.79 Å². The average Bonchev–Trinajstić information content (AvgIpc) is 2.69. The highest BCUT2D eigenvalue weighted by molar-refractivity contribution is 5.77. The SMILES string of the molecule is Cc1cc2ncn(CCC(C)(C)C(=O)O)c2cc1C. The fourth-order valence-corrected chi connectivity index (χ4v) is 2.00. The van der Waals surface area contributed by atoms with Crippen molar-refractivity contribution in [3.8, 4) is 0 Å². The molecule has 1 heterocycles. The van der Waals surface area contributed by atoms with E-state index in [1.807, 2.05) is 4.57 Å². The van der Waals surface area contributed by atoms with Gasteiger partial charge in [0.15, 0.2) is 0 Å². The smallest absolute Gasteiger partial charge is 0.309 e. The van der Waals surface area contributed by atoms with Gasteiger partial charge in [0.25, 0.3) is 0 Å². The summed E-state index contributed by atoms with van der Waals surface area (Å²) in [5.74, 6) is -0.760. The van der Waals surface area contributed by atoms with Crippen molar-refractivity contribution in [1.29, 1.82) is 0 Å². The molecule has 19 heavy (non-hydrogen) atoms. The van der Waals surface area contributed by atoms with Crippen molar-refractivity contribution in [3.63, 3.8) is 0 Å². The summed E-state index contributed by atoms with van der Waals surface area (Å²) in [7, 11) is 0. The Labute approximate surface area is 113 Å². The van der Waals surface area contributed by atoms with Crippen LogP contribution >= 0.6 is 0 Å². The van der Waals surface area contributed by atoms with Crippen molar-refractivity contribution in [2.24, 2.45) is 5.41 Å². The third-order valence-corrected chi connectivity index (χ3v) is 3.79. The minimum Gasteiger partial charge on any atom is -0.481 e. The number of aromatic nitrogens is 2. The molecule has 0 spiro atoms. The number of rotatable bonds is 4. The van der Waals surface area contributed by atoms with Crippen LogP contribution in [0.2, 0.25) is 0 Å². The van der Waals surface area contributed by atoms with Gasteiger partial charge >= 0.3 is 5.97 Å². The number of imidazole rings is 1. The van der Waals surface area contributed by atoms with Crippen LogP contribution in [-0.2, 0) is 11.3 Å². The average molecular weight is 260 g/mol. The molecule has 0 aliphatic carbocycles. The van der Waals surface area contributed by atoms with Gasteiger partial charge in [0.1, 0.15) is 0 Å².